The van der Waals surface area contributed by atoms with Gasteiger partial charge in [0.15, 0.2) is 5.75 Å². The predicted molar refractivity (Wildman–Crippen MR) is 175 cm³/mol. The molecule has 1 unspecified atom stereocenters. The minimum Gasteiger partial charge on any atom is -0.497 e. The number of fused-ring (bicyclic) bond motifs is 2. The number of aliphatic hydroxyl groups excluding tert-OH is 1. The van der Waals surface area contributed by atoms with E-state index in [4.69, 9.17) is 14.2 Å². The van der Waals surface area contributed by atoms with Gasteiger partial charge in [-0.05, 0) is 62.4 Å². The second-order valence-electron chi connectivity index (χ2n) is 11.9. The van der Waals surface area contributed by atoms with Crippen LogP contribution in [0.5, 0.6) is 17.2 Å². The Balaban J connectivity index is 0.000000288. The van der Waals surface area contributed by atoms with E-state index in [1.165, 1.54) is 37.6 Å². The van der Waals surface area contributed by atoms with E-state index >= 15 is 0 Å². The minimum absolute atomic E-state index is 0.0794. The van der Waals surface area contributed by atoms with Gasteiger partial charge in [-0.1, -0.05) is 19.1 Å². The number of urea groups is 1. The Morgan fingerprint density at radius 3 is 2.37 bits per heavy atom. The molecule has 1 atom stereocenters. The van der Waals surface area contributed by atoms with Crippen LogP contribution in [0.4, 0.5) is 16.2 Å². The molecule has 5 rings (SSSR count). The Labute approximate surface area is 270 Å². The molecule has 3 N–H and O–H groups in total. The molecule has 0 aliphatic carbocycles. The fourth-order valence-corrected chi connectivity index (χ4v) is 6.04. The number of benzene rings is 3. The van der Waals surface area contributed by atoms with Crippen LogP contribution in [0.3, 0.4) is 0 Å². The van der Waals surface area contributed by atoms with Crippen molar-refractivity contribution in [3.8, 4) is 17.2 Å². The summed E-state index contributed by atoms with van der Waals surface area (Å²) in [6, 6.07) is 16.5. The molecule has 2 heterocycles. The van der Waals surface area contributed by atoms with Gasteiger partial charge in [-0.25, -0.2) is 17.5 Å². The van der Waals surface area contributed by atoms with Crippen LogP contribution in [0.1, 0.15) is 36.7 Å². The van der Waals surface area contributed by atoms with Crippen molar-refractivity contribution in [3.05, 3.63) is 71.8 Å². The molecule has 3 amide bonds. The van der Waals surface area contributed by atoms with E-state index in [1.807, 2.05) is 39.0 Å². The lowest BCUT2D eigenvalue weighted by Gasteiger charge is -2.30. The van der Waals surface area contributed by atoms with Gasteiger partial charge in [-0.15, -0.1) is 0 Å². The van der Waals surface area contributed by atoms with E-state index in [0.717, 1.165) is 11.3 Å². The van der Waals surface area contributed by atoms with Gasteiger partial charge < -0.3 is 34.9 Å². The van der Waals surface area contributed by atoms with E-state index in [-0.39, 0.29) is 35.5 Å². The van der Waals surface area contributed by atoms with E-state index in [0.29, 0.717) is 48.0 Å². The number of hydrogen-bond acceptors (Lipinski definition) is 8. The quantitative estimate of drug-likeness (QED) is 0.339. The van der Waals surface area contributed by atoms with Crippen LogP contribution in [-0.2, 0) is 16.4 Å². The summed E-state index contributed by atoms with van der Waals surface area (Å²) in [6.45, 7) is 7.01. The summed E-state index contributed by atoms with van der Waals surface area (Å²) >= 11 is 0. The number of β-amino-alcohol motifs (C(OH)–C–C–N with tert-alkyl or cyclic N) is 1. The number of hydrogen-bond donors (Lipinski definition) is 3. The standard InChI is InChI=1S/C24H29N3O5.C9H13NO3S/c1-15-13-27(10-11-28)22(29)16-6-4-8-19(21(16)31-14-15)26-23(30)25-18-7-5-9-20-17(18)12-24(2,3)32-20;1-10(2)14(11,12)9-6-4-8(13-3)5-7-9/h4-9,15,28H,10-14H2,1-3H3,(H2,25,26,30);4-7H,1-3H3. The molecule has 0 spiro atoms. The summed E-state index contributed by atoms with van der Waals surface area (Å²) in [5, 5.41) is 15.1. The molecule has 2 aliphatic heterocycles. The van der Waals surface area contributed by atoms with Crippen LogP contribution in [0.25, 0.3) is 0 Å². The average molecular weight is 655 g/mol. The number of methoxy groups -OCH3 is 1. The number of ether oxygens (including phenoxy) is 3. The fourth-order valence-electron chi connectivity index (χ4n) is 5.14. The molecule has 2 aliphatic rings. The second kappa shape index (κ2) is 14.4. The zero-order chi connectivity index (χ0) is 33.6. The summed E-state index contributed by atoms with van der Waals surface area (Å²) in [6.07, 6.45) is 0.690. The Hall–Kier alpha value is -4.33. The van der Waals surface area contributed by atoms with Gasteiger partial charge in [0.05, 0.1) is 36.5 Å². The number of sulfonamides is 1. The van der Waals surface area contributed by atoms with Crippen molar-refractivity contribution < 1.29 is 37.3 Å². The molecular formula is C33H42N4O8S. The first-order valence-corrected chi connectivity index (χ1v) is 16.3. The van der Waals surface area contributed by atoms with E-state index in [2.05, 4.69) is 10.6 Å². The third-order valence-corrected chi connectivity index (χ3v) is 9.23. The lowest BCUT2D eigenvalue weighted by Crippen LogP contribution is -2.40. The summed E-state index contributed by atoms with van der Waals surface area (Å²) in [5.41, 5.74) is 2.09. The predicted octanol–water partition coefficient (Wildman–Crippen LogP) is 4.45. The highest BCUT2D eigenvalue weighted by Gasteiger charge is 2.32. The van der Waals surface area contributed by atoms with Gasteiger partial charge in [-0.3, -0.25) is 4.79 Å². The minimum atomic E-state index is -3.32. The molecule has 46 heavy (non-hydrogen) atoms. The smallest absolute Gasteiger partial charge is 0.323 e. The Kier molecular flexibility index (Phi) is 10.8. The zero-order valence-corrected chi connectivity index (χ0v) is 27.8. The van der Waals surface area contributed by atoms with Crippen LogP contribution in [-0.4, -0.2) is 87.8 Å². The SMILES string of the molecule is CC1COc2c(NC(=O)Nc3cccc4c3CC(C)(C)O4)cccc2C(=O)N(CCO)C1.COc1ccc(S(=O)(=O)N(C)C)cc1. The molecule has 248 valence electrons. The van der Waals surface area contributed by atoms with Crippen molar-refractivity contribution >= 4 is 33.3 Å². The molecule has 0 saturated heterocycles. The van der Waals surface area contributed by atoms with E-state index in [9.17, 15) is 23.1 Å². The highest BCUT2D eigenvalue weighted by molar-refractivity contribution is 7.89. The van der Waals surface area contributed by atoms with Crippen LogP contribution in [0, 0.1) is 5.92 Å². The highest BCUT2D eigenvalue weighted by Crippen LogP contribution is 2.39. The van der Waals surface area contributed by atoms with Crippen molar-refractivity contribution in [2.75, 3.05) is 58.1 Å². The zero-order valence-electron chi connectivity index (χ0n) is 27.0. The first-order valence-electron chi connectivity index (χ1n) is 14.9. The van der Waals surface area contributed by atoms with Crippen molar-refractivity contribution in [3.63, 3.8) is 0 Å². The number of nitrogens with zero attached hydrogens (tertiary/aromatic N) is 2. The molecule has 3 aromatic carbocycles. The largest absolute Gasteiger partial charge is 0.497 e. The fraction of sp³-hybridized carbons (Fsp3) is 0.394. The Morgan fingerprint density at radius 1 is 1.07 bits per heavy atom. The normalized spacial score (nSPS) is 16.8. The van der Waals surface area contributed by atoms with E-state index < -0.39 is 16.1 Å². The number of carbonyl (C=O) groups is 2. The average Bonchev–Trinajstić information content (AvgIpc) is 3.34. The second-order valence-corrected chi connectivity index (χ2v) is 14.1. The molecule has 0 saturated carbocycles. The van der Waals surface area contributed by atoms with Gasteiger partial charge in [-0.2, -0.15) is 0 Å². The number of rotatable bonds is 7. The van der Waals surface area contributed by atoms with Crippen molar-refractivity contribution in [2.45, 2.75) is 37.7 Å². The summed E-state index contributed by atoms with van der Waals surface area (Å²) in [7, 11) is 1.21. The van der Waals surface area contributed by atoms with Gasteiger partial charge in [0, 0.05) is 50.8 Å². The van der Waals surface area contributed by atoms with Gasteiger partial charge in [0.25, 0.3) is 5.91 Å². The highest BCUT2D eigenvalue weighted by atomic mass is 32.2. The molecule has 0 fully saturated rings. The molecule has 0 radical (unpaired) electrons. The summed E-state index contributed by atoms with van der Waals surface area (Å²) in [5.74, 6) is 1.60. The molecule has 12 nitrogen and oxygen atoms in total. The Bertz CT molecular complexity index is 1660. The van der Waals surface area contributed by atoms with Crippen LogP contribution in [0.15, 0.2) is 65.6 Å². The monoisotopic (exact) mass is 654 g/mol. The molecule has 3 aromatic rings. The van der Waals surface area contributed by atoms with Crippen LogP contribution in [0.2, 0.25) is 0 Å². The van der Waals surface area contributed by atoms with Crippen molar-refractivity contribution in [1.29, 1.82) is 0 Å². The third kappa shape index (κ3) is 8.08. The van der Waals surface area contributed by atoms with Crippen molar-refractivity contribution in [1.82, 2.24) is 9.21 Å². The summed E-state index contributed by atoms with van der Waals surface area (Å²) < 4.78 is 41.2. The lowest BCUT2D eigenvalue weighted by atomic mass is 10.0. The maximum Gasteiger partial charge on any atom is 0.323 e. The van der Waals surface area contributed by atoms with Crippen molar-refractivity contribution in [2.24, 2.45) is 5.92 Å². The van der Waals surface area contributed by atoms with Gasteiger partial charge >= 0.3 is 6.03 Å². The number of carbonyl (C=O) groups excluding carboxylic acids is 2. The molecule has 13 heteroatoms. The maximum absolute atomic E-state index is 13.0. The van der Waals surface area contributed by atoms with E-state index in [1.54, 1.807) is 35.2 Å². The number of amides is 3. The molecule has 0 bridgehead atoms. The number of anilines is 2. The molecular weight excluding hydrogens is 612 g/mol. The third-order valence-electron chi connectivity index (χ3n) is 7.40. The summed E-state index contributed by atoms with van der Waals surface area (Å²) in [4.78, 5) is 27.8. The number of para-hydroxylation sites is 1. The Morgan fingerprint density at radius 2 is 1.72 bits per heavy atom. The van der Waals surface area contributed by atoms with Crippen LogP contribution >= 0.6 is 0 Å². The number of nitrogens with one attached hydrogen (secondary N) is 2. The van der Waals surface area contributed by atoms with Crippen LogP contribution < -0.4 is 24.8 Å². The topological polar surface area (TPSA) is 147 Å². The van der Waals surface area contributed by atoms with Gasteiger partial charge in [0.1, 0.15) is 17.1 Å². The maximum atomic E-state index is 13.0. The molecule has 0 aromatic heterocycles. The van der Waals surface area contributed by atoms with Gasteiger partial charge in [0.2, 0.25) is 10.0 Å². The first-order chi connectivity index (χ1) is 21.8. The first kappa shape index (κ1) is 34.5. The number of aliphatic hydroxyl groups is 1. The lowest BCUT2D eigenvalue weighted by molar-refractivity contribution is 0.0645.